The molecule has 1 saturated heterocycles. The lowest BCUT2D eigenvalue weighted by molar-refractivity contribution is 0.0746. The van der Waals surface area contributed by atoms with E-state index in [0.29, 0.717) is 29.8 Å². The Morgan fingerprint density at radius 3 is 2.12 bits per heavy atom. The maximum absolute atomic E-state index is 13.0. The summed E-state index contributed by atoms with van der Waals surface area (Å²) in [4.78, 5) is 34.7. The molecule has 1 aliphatic rings. The van der Waals surface area contributed by atoms with Crippen LogP contribution in [0.2, 0.25) is 0 Å². The third-order valence-electron chi connectivity index (χ3n) is 6.34. The van der Waals surface area contributed by atoms with Gasteiger partial charge in [0.25, 0.3) is 5.91 Å². The monoisotopic (exact) mass is 455 g/mol. The van der Waals surface area contributed by atoms with Crippen LogP contribution in [0.1, 0.15) is 37.4 Å². The number of hydrogen-bond acceptors (Lipinski definition) is 5. The number of ketones is 1. The number of aryl methyl sites for hydroxylation is 2. The number of piperazine rings is 1. The first-order chi connectivity index (χ1) is 16.0. The van der Waals surface area contributed by atoms with Gasteiger partial charge in [-0.1, -0.05) is 59.9 Å². The smallest absolute Gasteiger partial charge is 0.253 e. The number of hydrogen-bond donors (Lipinski definition) is 0. The summed E-state index contributed by atoms with van der Waals surface area (Å²) in [5, 5.41) is 1.02. The zero-order valence-corrected chi connectivity index (χ0v) is 19.6. The summed E-state index contributed by atoms with van der Waals surface area (Å²) in [5.74, 6) is -0.0337. The standard InChI is InChI=1S/C27H25N3O2S/c1-18-8-13-23-24(19(18)2)28-27(33-23)30-16-14-29(15-17-30)26(32)22-11-9-21(10-12-22)25(31)20-6-4-3-5-7-20/h3-13H,14-17H2,1-2H3. The molecule has 0 aliphatic carbocycles. The van der Waals surface area contributed by atoms with Crippen LogP contribution in [0, 0.1) is 13.8 Å². The minimum absolute atomic E-state index is 0.00382. The number of rotatable bonds is 4. The van der Waals surface area contributed by atoms with Crippen LogP contribution in [0.4, 0.5) is 5.13 Å². The first-order valence-corrected chi connectivity index (χ1v) is 11.9. The minimum Gasteiger partial charge on any atom is -0.345 e. The van der Waals surface area contributed by atoms with E-state index in [2.05, 4.69) is 30.9 Å². The van der Waals surface area contributed by atoms with E-state index in [1.54, 1.807) is 47.7 Å². The average Bonchev–Trinajstić information content (AvgIpc) is 3.31. The maximum atomic E-state index is 13.0. The Balaban J connectivity index is 1.24. The maximum Gasteiger partial charge on any atom is 0.253 e. The molecule has 5 nitrogen and oxygen atoms in total. The van der Waals surface area contributed by atoms with Crippen molar-refractivity contribution in [3.05, 3.63) is 94.5 Å². The van der Waals surface area contributed by atoms with Crippen molar-refractivity contribution in [1.29, 1.82) is 0 Å². The molecule has 1 fully saturated rings. The number of nitrogens with zero attached hydrogens (tertiary/aromatic N) is 3. The Bertz CT molecular complexity index is 1320. The Morgan fingerprint density at radius 2 is 1.42 bits per heavy atom. The van der Waals surface area contributed by atoms with Crippen LogP contribution in [0.25, 0.3) is 10.2 Å². The van der Waals surface area contributed by atoms with Crippen molar-refractivity contribution in [1.82, 2.24) is 9.88 Å². The predicted octanol–water partition coefficient (Wildman–Crippen LogP) is 5.11. The van der Waals surface area contributed by atoms with Gasteiger partial charge in [0.15, 0.2) is 10.9 Å². The molecule has 3 aromatic carbocycles. The largest absolute Gasteiger partial charge is 0.345 e. The van der Waals surface area contributed by atoms with Gasteiger partial charge in [-0.05, 0) is 43.2 Å². The molecule has 0 radical (unpaired) electrons. The highest BCUT2D eigenvalue weighted by atomic mass is 32.1. The molecule has 33 heavy (non-hydrogen) atoms. The second-order valence-electron chi connectivity index (χ2n) is 8.40. The van der Waals surface area contributed by atoms with E-state index in [-0.39, 0.29) is 11.7 Å². The van der Waals surface area contributed by atoms with Gasteiger partial charge >= 0.3 is 0 Å². The number of carbonyl (C=O) groups excluding carboxylic acids is 2. The summed E-state index contributed by atoms with van der Waals surface area (Å²) in [7, 11) is 0. The summed E-state index contributed by atoms with van der Waals surface area (Å²) in [5.41, 5.74) is 5.42. The van der Waals surface area contributed by atoms with Crippen molar-refractivity contribution in [2.45, 2.75) is 13.8 Å². The minimum atomic E-state index is -0.0375. The van der Waals surface area contributed by atoms with E-state index >= 15 is 0 Å². The zero-order chi connectivity index (χ0) is 22.9. The molecule has 0 spiro atoms. The number of carbonyl (C=O) groups is 2. The molecule has 166 valence electrons. The topological polar surface area (TPSA) is 53.5 Å². The van der Waals surface area contributed by atoms with Gasteiger partial charge in [-0.15, -0.1) is 0 Å². The van der Waals surface area contributed by atoms with Crippen molar-refractivity contribution in [2.24, 2.45) is 0 Å². The molecule has 0 N–H and O–H groups in total. The summed E-state index contributed by atoms with van der Waals surface area (Å²) >= 11 is 1.71. The van der Waals surface area contributed by atoms with E-state index in [9.17, 15) is 9.59 Å². The summed E-state index contributed by atoms with van der Waals surface area (Å²) in [6.45, 7) is 7.05. The molecule has 6 heteroatoms. The number of benzene rings is 3. The van der Waals surface area contributed by atoms with Crippen LogP contribution in [0.15, 0.2) is 66.7 Å². The quantitative estimate of drug-likeness (QED) is 0.402. The van der Waals surface area contributed by atoms with Crippen molar-refractivity contribution in [3.8, 4) is 0 Å². The van der Waals surface area contributed by atoms with Crippen LogP contribution in [0.3, 0.4) is 0 Å². The van der Waals surface area contributed by atoms with Gasteiger partial charge in [-0.2, -0.15) is 0 Å². The van der Waals surface area contributed by atoms with E-state index in [4.69, 9.17) is 4.98 Å². The fraction of sp³-hybridized carbons (Fsp3) is 0.222. The molecule has 4 aromatic rings. The first kappa shape index (κ1) is 21.3. The highest BCUT2D eigenvalue weighted by molar-refractivity contribution is 7.22. The van der Waals surface area contributed by atoms with Crippen LogP contribution >= 0.6 is 11.3 Å². The fourth-order valence-corrected chi connectivity index (χ4v) is 5.23. The van der Waals surface area contributed by atoms with Crippen LogP contribution in [0.5, 0.6) is 0 Å². The lowest BCUT2D eigenvalue weighted by Crippen LogP contribution is -2.48. The highest BCUT2D eigenvalue weighted by Gasteiger charge is 2.24. The zero-order valence-electron chi connectivity index (χ0n) is 18.7. The molecule has 1 aliphatic heterocycles. The Morgan fingerprint density at radius 1 is 0.788 bits per heavy atom. The molecular weight excluding hydrogens is 430 g/mol. The van der Waals surface area contributed by atoms with Gasteiger partial charge in [0.1, 0.15) is 0 Å². The normalized spacial score (nSPS) is 14.0. The van der Waals surface area contributed by atoms with Gasteiger partial charge < -0.3 is 9.80 Å². The number of amides is 1. The SMILES string of the molecule is Cc1ccc2sc(N3CCN(C(=O)c4ccc(C(=O)c5ccccc5)cc4)CC3)nc2c1C. The van der Waals surface area contributed by atoms with Gasteiger partial charge in [-0.3, -0.25) is 9.59 Å². The summed E-state index contributed by atoms with van der Waals surface area (Å²) < 4.78 is 1.21. The van der Waals surface area contributed by atoms with E-state index in [0.717, 1.165) is 23.7 Å². The molecule has 1 aromatic heterocycles. The molecule has 5 rings (SSSR count). The van der Waals surface area contributed by atoms with Crippen molar-refractivity contribution < 1.29 is 9.59 Å². The fourth-order valence-electron chi connectivity index (χ4n) is 4.15. The Hall–Kier alpha value is -3.51. The van der Waals surface area contributed by atoms with Crippen molar-refractivity contribution in [3.63, 3.8) is 0 Å². The molecule has 1 amide bonds. The second-order valence-corrected chi connectivity index (χ2v) is 9.41. The lowest BCUT2D eigenvalue weighted by atomic mass is 10.0. The van der Waals surface area contributed by atoms with E-state index in [1.165, 1.54) is 15.8 Å². The second kappa shape index (κ2) is 8.79. The number of aromatic nitrogens is 1. The number of anilines is 1. The Kier molecular flexibility index (Phi) is 5.68. The van der Waals surface area contributed by atoms with Crippen molar-refractivity contribution in [2.75, 3.05) is 31.1 Å². The first-order valence-electron chi connectivity index (χ1n) is 11.1. The van der Waals surface area contributed by atoms with Crippen LogP contribution in [-0.2, 0) is 0 Å². The lowest BCUT2D eigenvalue weighted by Gasteiger charge is -2.34. The molecular formula is C27H25N3O2S. The Labute approximate surface area is 197 Å². The van der Waals surface area contributed by atoms with E-state index in [1.807, 2.05) is 23.1 Å². The highest BCUT2D eigenvalue weighted by Crippen LogP contribution is 2.32. The predicted molar refractivity (Wildman–Crippen MR) is 134 cm³/mol. The molecule has 0 bridgehead atoms. The van der Waals surface area contributed by atoms with Crippen molar-refractivity contribution >= 4 is 38.4 Å². The van der Waals surface area contributed by atoms with Gasteiger partial charge in [0, 0.05) is 42.9 Å². The summed E-state index contributed by atoms with van der Waals surface area (Å²) in [6, 6.07) is 20.5. The molecule has 0 unspecified atom stereocenters. The van der Waals surface area contributed by atoms with Gasteiger partial charge in [0.2, 0.25) is 0 Å². The third-order valence-corrected chi connectivity index (χ3v) is 7.42. The van der Waals surface area contributed by atoms with Gasteiger partial charge in [0.05, 0.1) is 10.2 Å². The number of fused-ring (bicyclic) bond motifs is 1. The summed E-state index contributed by atoms with van der Waals surface area (Å²) in [6.07, 6.45) is 0. The third kappa shape index (κ3) is 4.14. The molecule has 2 heterocycles. The molecule has 0 atom stereocenters. The molecule has 0 saturated carbocycles. The van der Waals surface area contributed by atoms with Crippen LogP contribution < -0.4 is 4.90 Å². The van der Waals surface area contributed by atoms with Gasteiger partial charge in [-0.25, -0.2) is 4.98 Å². The average molecular weight is 456 g/mol. The van der Waals surface area contributed by atoms with Crippen LogP contribution in [-0.4, -0.2) is 47.8 Å². The van der Waals surface area contributed by atoms with E-state index < -0.39 is 0 Å². The number of thiazole rings is 1.